The molecule has 0 unspecified atom stereocenters. The van der Waals surface area contributed by atoms with Crippen molar-refractivity contribution in [3.63, 3.8) is 0 Å². The molecule has 0 bridgehead atoms. The van der Waals surface area contributed by atoms with Crippen molar-refractivity contribution < 1.29 is 23.9 Å². The number of aromatic nitrogens is 1. The van der Waals surface area contributed by atoms with Crippen molar-refractivity contribution in [2.24, 2.45) is 0 Å². The van der Waals surface area contributed by atoms with Crippen LogP contribution in [0.15, 0.2) is 48.0 Å². The van der Waals surface area contributed by atoms with Crippen molar-refractivity contribution >= 4 is 39.3 Å². The molecule has 0 aliphatic rings. The highest BCUT2D eigenvalue weighted by atomic mass is 32.1. The summed E-state index contributed by atoms with van der Waals surface area (Å²) in [6.45, 7) is -0.525. The predicted octanol–water partition coefficient (Wildman–Crippen LogP) is 1.92. The summed E-state index contributed by atoms with van der Waals surface area (Å²) in [5, 5.41) is 0. The lowest BCUT2D eigenvalue weighted by Gasteiger charge is -2.08. The van der Waals surface area contributed by atoms with E-state index < -0.39 is 24.4 Å². The monoisotopic (exact) mass is 385 g/mol. The smallest absolute Gasteiger partial charge is 0.338 e. The average molecular weight is 385 g/mol. The van der Waals surface area contributed by atoms with Gasteiger partial charge < -0.3 is 9.47 Å². The molecule has 0 aliphatic carbocycles. The second-order valence-electron chi connectivity index (χ2n) is 5.34. The number of fused-ring (bicyclic) bond motifs is 1. The molecule has 3 aromatic rings. The maximum absolute atomic E-state index is 12.0. The number of nitrogens with zero attached hydrogens (tertiary/aromatic N) is 1. The Balaban J connectivity index is 1.47. The van der Waals surface area contributed by atoms with Crippen molar-refractivity contribution in [1.29, 1.82) is 0 Å². The summed E-state index contributed by atoms with van der Waals surface area (Å²) in [7, 11) is 1.52. The van der Waals surface area contributed by atoms with Crippen LogP contribution < -0.4 is 15.6 Å². The fourth-order valence-corrected chi connectivity index (χ4v) is 2.89. The Hall–Kier alpha value is -3.46. The summed E-state index contributed by atoms with van der Waals surface area (Å²) in [5.41, 5.74) is 7.56. The first-order valence-corrected chi connectivity index (χ1v) is 8.68. The molecule has 8 nitrogen and oxygen atoms in total. The predicted molar refractivity (Wildman–Crippen MR) is 98.5 cm³/mol. The summed E-state index contributed by atoms with van der Waals surface area (Å²) in [6, 6.07) is 11.3. The number of esters is 1. The number of thiazole rings is 1. The Labute approximate surface area is 158 Å². The summed E-state index contributed by atoms with van der Waals surface area (Å²) in [6.07, 6.45) is 0. The number of hydrazine groups is 1. The highest BCUT2D eigenvalue weighted by Crippen LogP contribution is 2.19. The Bertz CT molecular complexity index is 984. The van der Waals surface area contributed by atoms with E-state index in [1.165, 1.54) is 18.4 Å². The van der Waals surface area contributed by atoms with Gasteiger partial charge in [-0.1, -0.05) is 0 Å². The van der Waals surface area contributed by atoms with E-state index in [1.807, 2.05) is 0 Å². The highest BCUT2D eigenvalue weighted by Gasteiger charge is 2.12. The molecule has 3 rings (SSSR count). The van der Waals surface area contributed by atoms with Crippen LogP contribution in [-0.2, 0) is 9.53 Å². The summed E-state index contributed by atoms with van der Waals surface area (Å²) in [5.74, 6) is -1.20. The topological polar surface area (TPSA) is 107 Å². The molecule has 0 saturated heterocycles. The number of carbonyl (C=O) groups excluding carboxylic acids is 3. The van der Waals surface area contributed by atoms with E-state index in [9.17, 15) is 14.4 Å². The largest absolute Gasteiger partial charge is 0.497 e. The van der Waals surface area contributed by atoms with Gasteiger partial charge in [0.1, 0.15) is 5.75 Å². The maximum atomic E-state index is 12.0. The molecule has 2 N–H and O–H groups in total. The van der Waals surface area contributed by atoms with Gasteiger partial charge in [-0.3, -0.25) is 20.4 Å². The van der Waals surface area contributed by atoms with Crippen molar-refractivity contribution in [1.82, 2.24) is 15.8 Å². The highest BCUT2D eigenvalue weighted by molar-refractivity contribution is 7.16. The number of methoxy groups -OCH3 is 1. The third-order valence-corrected chi connectivity index (χ3v) is 4.36. The second kappa shape index (κ2) is 8.28. The molecule has 1 aromatic heterocycles. The standard InChI is InChI=1S/C18H15N3O5S/c1-25-13-5-2-11(3-6-13)17(23)21-20-16(22)9-26-18(24)12-4-7-14-15(8-12)27-10-19-14/h2-8,10H,9H2,1H3,(H,20,22)(H,21,23). The first-order valence-electron chi connectivity index (χ1n) is 7.80. The molecule has 27 heavy (non-hydrogen) atoms. The average Bonchev–Trinajstić information content (AvgIpc) is 3.18. The Kier molecular flexibility index (Phi) is 5.62. The van der Waals surface area contributed by atoms with Crippen LogP contribution in [0, 0.1) is 0 Å². The third-order valence-electron chi connectivity index (χ3n) is 3.57. The number of hydrogen-bond donors (Lipinski definition) is 2. The SMILES string of the molecule is COc1ccc(C(=O)NNC(=O)COC(=O)c2ccc3ncsc3c2)cc1. The lowest BCUT2D eigenvalue weighted by molar-refractivity contribution is -0.125. The Morgan fingerprint density at radius 1 is 1.04 bits per heavy atom. The van der Waals surface area contributed by atoms with E-state index in [0.717, 1.165) is 10.2 Å². The summed E-state index contributed by atoms with van der Waals surface area (Å²) in [4.78, 5) is 39.8. The molecule has 0 atom stereocenters. The van der Waals surface area contributed by atoms with E-state index in [4.69, 9.17) is 9.47 Å². The van der Waals surface area contributed by atoms with Crippen molar-refractivity contribution in [2.45, 2.75) is 0 Å². The molecule has 2 amide bonds. The Morgan fingerprint density at radius 2 is 1.78 bits per heavy atom. The zero-order valence-corrected chi connectivity index (χ0v) is 15.0. The van der Waals surface area contributed by atoms with E-state index in [0.29, 0.717) is 16.9 Å². The van der Waals surface area contributed by atoms with Gasteiger partial charge in [-0.15, -0.1) is 11.3 Å². The van der Waals surface area contributed by atoms with Gasteiger partial charge in [0, 0.05) is 5.56 Å². The minimum Gasteiger partial charge on any atom is -0.497 e. The zero-order valence-electron chi connectivity index (χ0n) is 14.2. The number of rotatable bonds is 5. The van der Waals surface area contributed by atoms with Crippen LogP contribution in [0.4, 0.5) is 0 Å². The van der Waals surface area contributed by atoms with Crippen LogP contribution in [0.5, 0.6) is 5.75 Å². The van der Waals surface area contributed by atoms with Crippen LogP contribution in [-0.4, -0.2) is 36.5 Å². The number of hydrogen-bond acceptors (Lipinski definition) is 7. The van der Waals surface area contributed by atoms with Gasteiger partial charge in [-0.2, -0.15) is 0 Å². The van der Waals surface area contributed by atoms with Crippen LogP contribution in [0.1, 0.15) is 20.7 Å². The van der Waals surface area contributed by atoms with Crippen LogP contribution in [0.3, 0.4) is 0 Å². The molecular weight excluding hydrogens is 370 g/mol. The number of benzene rings is 2. The number of amides is 2. The first kappa shape index (κ1) is 18.3. The number of ether oxygens (including phenoxy) is 2. The third kappa shape index (κ3) is 4.59. The van der Waals surface area contributed by atoms with Crippen molar-refractivity contribution in [2.75, 3.05) is 13.7 Å². The van der Waals surface area contributed by atoms with Crippen molar-refractivity contribution in [3.05, 3.63) is 59.1 Å². The van der Waals surface area contributed by atoms with Gasteiger partial charge in [0.05, 0.1) is 28.4 Å². The number of carbonyl (C=O) groups is 3. The lowest BCUT2D eigenvalue weighted by Crippen LogP contribution is -2.43. The van der Waals surface area contributed by atoms with E-state index in [1.54, 1.807) is 48.0 Å². The summed E-state index contributed by atoms with van der Waals surface area (Å²) < 4.78 is 10.8. The minimum atomic E-state index is -0.663. The maximum Gasteiger partial charge on any atom is 0.338 e. The van der Waals surface area contributed by atoms with E-state index in [2.05, 4.69) is 15.8 Å². The van der Waals surface area contributed by atoms with Gasteiger partial charge in [0.15, 0.2) is 6.61 Å². The normalized spacial score (nSPS) is 10.3. The van der Waals surface area contributed by atoms with E-state index in [-0.39, 0.29) is 0 Å². The molecule has 0 saturated carbocycles. The van der Waals surface area contributed by atoms with E-state index >= 15 is 0 Å². The van der Waals surface area contributed by atoms with Crippen LogP contribution >= 0.6 is 11.3 Å². The van der Waals surface area contributed by atoms with Gasteiger partial charge in [-0.05, 0) is 42.5 Å². The molecule has 0 aliphatic heterocycles. The van der Waals surface area contributed by atoms with Gasteiger partial charge in [0.2, 0.25) is 0 Å². The molecule has 1 heterocycles. The van der Waals surface area contributed by atoms with Gasteiger partial charge in [0.25, 0.3) is 11.8 Å². The zero-order chi connectivity index (χ0) is 19.2. The first-order chi connectivity index (χ1) is 13.1. The fourth-order valence-electron chi connectivity index (χ4n) is 2.17. The molecule has 9 heteroatoms. The quantitative estimate of drug-likeness (QED) is 0.513. The number of nitrogens with one attached hydrogen (secondary N) is 2. The molecule has 0 radical (unpaired) electrons. The van der Waals surface area contributed by atoms with Gasteiger partial charge >= 0.3 is 5.97 Å². The molecule has 0 spiro atoms. The van der Waals surface area contributed by atoms with Crippen LogP contribution in [0.2, 0.25) is 0 Å². The molecule has 2 aromatic carbocycles. The second-order valence-corrected chi connectivity index (χ2v) is 6.23. The van der Waals surface area contributed by atoms with Crippen LogP contribution in [0.25, 0.3) is 10.2 Å². The van der Waals surface area contributed by atoms with Gasteiger partial charge in [-0.25, -0.2) is 9.78 Å². The Morgan fingerprint density at radius 3 is 2.52 bits per heavy atom. The fraction of sp³-hybridized carbons (Fsp3) is 0.111. The molecule has 138 valence electrons. The molecular formula is C18H15N3O5S. The lowest BCUT2D eigenvalue weighted by atomic mass is 10.2. The molecule has 0 fully saturated rings. The summed E-state index contributed by atoms with van der Waals surface area (Å²) >= 11 is 1.40. The minimum absolute atomic E-state index is 0.321. The van der Waals surface area contributed by atoms with Crippen molar-refractivity contribution in [3.8, 4) is 5.75 Å².